The fourth-order valence-electron chi connectivity index (χ4n) is 1.80. The highest BCUT2D eigenvalue weighted by molar-refractivity contribution is 5.79. The second-order valence-corrected chi connectivity index (χ2v) is 4.80. The molecule has 4 N–H and O–H groups in total. The van der Waals surface area contributed by atoms with Crippen LogP contribution >= 0.6 is 0 Å². The summed E-state index contributed by atoms with van der Waals surface area (Å²) in [7, 11) is 0. The van der Waals surface area contributed by atoms with E-state index in [0.717, 1.165) is 0 Å². The number of aliphatic hydroxyl groups excluding tert-OH is 1. The van der Waals surface area contributed by atoms with Gasteiger partial charge in [-0.3, -0.25) is 0 Å². The molecule has 1 atom stereocenters. The molecule has 9 heteroatoms. The zero-order valence-corrected chi connectivity index (χ0v) is 12.6. The molecule has 0 amide bonds. The topological polar surface area (TPSA) is 102 Å². The lowest BCUT2D eigenvalue weighted by Crippen LogP contribution is -2.30. The second-order valence-electron chi connectivity index (χ2n) is 4.80. The number of rotatable bonds is 8. The highest BCUT2D eigenvalue weighted by Gasteiger charge is 2.10. The van der Waals surface area contributed by atoms with E-state index in [1.807, 2.05) is 0 Å². The minimum atomic E-state index is -2.55. The largest absolute Gasteiger partial charge is 0.392 e. The lowest BCUT2D eigenvalue weighted by atomic mass is 10.2. The molecule has 1 aliphatic heterocycles. The second kappa shape index (κ2) is 8.85. The summed E-state index contributed by atoms with van der Waals surface area (Å²) in [6.07, 6.45) is 1.27. The maximum atomic E-state index is 12.6. The summed E-state index contributed by atoms with van der Waals surface area (Å²) < 4.78 is 30.7. The van der Waals surface area contributed by atoms with Gasteiger partial charge in [0.25, 0.3) is 6.43 Å². The summed E-state index contributed by atoms with van der Waals surface area (Å²) in [5, 5.41) is 17.9. The van der Waals surface area contributed by atoms with Crippen LogP contribution in [0.25, 0.3) is 0 Å². The first-order valence-corrected chi connectivity index (χ1v) is 7.04. The molecule has 128 valence electrons. The Morgan fingerprint density at radius 1 is 1.54 bits per heavy atom. The molecule has 7 nitrogen and oxygen atoms in total. The molecule has 1 heterocycles. The van der Waals surface area contributed by atoms with Crippen LogP contribution in [0.4, 0.5) is 14.5 Å². The number of aliphatic imine (C=N–C) groups is 1. The summed E-state index contributed by atoms with van der Waals surface area (Å²) >= 11 is 0. The van der Waals surface area contributed by atoms with E-state index in [1.165, 1.54) is 30.6 Å². The predicted octanol–water partition coefficient (Wildman–Crippen LogP) is 2.76. The Labute approximate surface area is 137 Å². The van der Waals surface area contributed by atoms with Gasteiger partial charge < -0.3 is 20.5 Å². The molecule has 2 rings (SSSR count). The van der Waals surface area contributed by atoms with Crippen molar-refractivity contribution in [2.75, 3.05) is 18.5 Å². The minimum Gasteiger partial charge on any atom is -0.392 e. The molecule has 1 unspecified atom stereocenters. The highest BCUT2D eigenvalue weighted by Crippen LogP contribution is 2.21. The fraction of sp³-hybridized carbons (Fsp3) is 0.267. The van der Waals surface area contributed by atoms with E-state index in [1.54, 1.807) is 12.3 Å². The van der Waals surface area contributed by atoms with Crippen LogP contribution in [-0.2, 0) is 4.74 Å². The summed E-state index contributed by atoms with van der Waals surface area (Å²) in [4.78, 5) is 4.02. The molecule has 0 radical (unpaired) electrons. The van der Waals surface area contributed by atoms with Gasteiger partial charge in [0.15, 0.2) is 0 Å². The predicted molar refractivity (Wildman–Crippen MR) is 84.8 cm³/mol. The highest BCUT2D eigenvalue weighted by atomic mass is 19.3. The Morgan fingerprint density at radius 2 is 2.38 bits per heavy atom. The van der Waals surface area contributed by atoms with Gasteiger partial charge in [-0.2, -0.15) is 5.11 Å². The first-order valence-electron chi connectivity index (χ1n) is 7.04. The van der Waals surface area contributed by atoms with Gasteiger partial charge in [-0.25, -0.2) is 19.3 Å². The number of anilines is 1. The SMILES string of the molecule is N=N/C(=C\Nc1cccc(C(F)F)c1)COC1N=CC(CO)=CN1. The molecule has 0 saturated heterocycles. The lowest BCUT2D eigenvalue weighted by Gasteiger charge is -2.17. The molecule has 0 bridgehead atoms. The molecule has 1 aliphatic rings. The summed E-state index contributed by atoms with van der Waals surface area (Å²) in [5.74, 6) is 0. The summed E-state index contributed by atoms with van der Waals surface area (Å²) in [6.45, 7) is -0.139. The van der Waals surface area contributed by atoms with E-state index in [2.05, 4.69) is 20.7 Å². The van der Waals surface area contributed by atoms with Crippen molar-refractivity contribution in [2.45, 2.75) is 12.8 Å². The number of halogens is 2. The van der Waals surface area contributed by atoms with Crippen molar-refractivity contribution in [2.24, 2.45) is 10.1 Å². The summed E-state index contributed by atoms with van der Waals surface area (Å²) in [6, 6.07) is 5.79. The number of hydrogen-bond donors (Lipinski definition) is 4. The number of nitrogens with zero attached hydrogens (tertiary/aromatic N) is 2. The molecule has 0 aromatic heterocycles. The van der Waals surface area contributed by atoms with Crippen LogP contribution < -0.4 is 10.6 Å². The third kappa shape index (κ3) is 5.21. The van der Waals surface area contributed by atoms with Gasteiger partial charge in [0, 0.05) is 35.4 Å². The van der Waals surface area contributed by atoms with Crippen molar-refractivity contribution in [1.82, 2.24) is 5.32 Å². The van der Waals surface area contributed by atoms with Crippen LogP contribution in [0.1, 0.15) is 12.0 Å². The molecule has 1 aromatic carbocycles. The zero-order chi connectivity index (χ0) is 17.4. The molecule has 0 aliphatic carbocycles. The molecular weight excluding hydrogens is 320 g/mol. The van der Waals surface area contributed by atoms with Crippen LogP contribution in [0.3, 0.4) is 0 Å². The van der Waals surface area contributed by atoms with Gasteiger partial charge in [-0.1, -0.05) is 12.1 Å². The number of ether oxygens (including phenoxy) is 1. The molecular formula is C15H17F2N5O2. The monoisotopic (exact) mass is 337 g/mol. The molecule has 0 spiro atoms. The van der Waals surface area contributed by atoms with Crippen molar-refractivity contribution >= 4 is 11.9 Å². The number of benzene rings is 1. The van der Waals surface area contributed by atoms with Crippen LogP contribution in [-0.4, -0.2) is 30.9 Å². The van der Waals surface area contributed by atoms with Crippen LogP contribution in [0.2, 0.25) is 0 Å². The fourth-order valence-corrected chi connectivity index (χ4v) is 1.80. The Balaban J connectivity index is 1.88. The van der Waals surface area contributed by atoms with E-state index in [-0.39, 0.29) is 24.5 Å². The summed E-state index contributed by atoms with van der Waals surface area (Å²) in [5.41, 5.74) is 8.37. The van der Waals surface area contributed by atoms with Gasteiger partial charge in [0.2, 0.25) is 6.35 Å². The first kappa shape index (κ1) is 17.7. The Bertz CT molecular complexity index is 661. The van der Waals surface area contributed by atoms with Gasteiger partial charge in [-0.15, -0.1) is 0 Å². The standard InChI is InChI=1S/C15H17F2N5O2/c16-14(17)11-2-1-3-12(4-11)19-7-13(22-18)9-24-15-20-5-10(8-23)6-21-15/h1-7,14-15,18-20,23H,8-9H2/b13-7-,22-18?. The Kier molecular flexibility index (Phi) is 6.52. The number of alkyl halides is 2. The van der Waals surface area contributed by atoms with Gasteiger partial charge in [0.05, 0.1) is 13.2 Å². The van der Waals surface area contributed by atoms with Crippen molar-refractivity contribution in [3.8, 4) is 0 Å². The van der Waals surface area contributed by atoms with Gasteiger partial charge in [0.1, 0.15) is 5.70 Å². The van der Waals surface area contributed by atoms with E-state index in [0.29, 0.717) is 11.3 Å². The van der Waals surface area contributed by atoms with Crippen LogP contribution in [0.15, 0.2) is 58.0 Å². The van der Waals surface area contributed by atoms with Crippen LogP contribution in [0.5, 0.6) is 0 Å². The van der Waals surface area contributed by atoms with Crippen molar-refractivity contribution in [1.29, 1.82) is 5.53 Å². The number of nitrogens with one attached hydrogen (secondary N) is 3. The van der Waals surface area contributed by atoms with Crippen molar-refractivity contribution in [3.05, 3.63) is 53.5 Å². The van der Waals surface area contributed by atoms with E-state index in [4.69, 9.17) is 15.4 Å². The third-order valence-electron chi connectivity index (χ3n) is 3.05. The Morgan fingerprint density at radius 3 is 3.00 bits per heavy atom. The molecule has 24 heavy (non-hydrogen) atoms. The maximum absolute atomic E-state index is 12.6. The lowest BCUT2D eigenvalue weighted by molar-refractivity contribution is 0.0596. The van der Waals surface area contributed by atoms with Gasteiger partial charge in [-0.05, 0) is 12.1 Å². The van der Waals surface area contributed by atoms with E-state index >= 15 is 0 Å². The average Bonchev–Trinajstić information content (AvgIpc) is 2.62. The van der Waals surface area contributed by atoms with Crippen LogP contribution in [0, 0.1) is 5.53 Å². The quantitative estimate of drug-likeness (QED) is 0.548. The molecule has 0 fully saturated rings. The van der Waals surface area contributed by atoms with E-state index in [9.17, 15) is 8.78 Å². The molecule has 0 saturated carbocycles. The Hall–Kier alpha value is -2.65. The smallest absolute Gasteiger partial charge is 0.263 e. The molecule has 1 aromatic rings. The third-order valence-corrected chi connectivity index (χ3v) is 3.05. The van der Waals surface area contributed by atoms with Crippen molar-refractivity contribution in [3.63, 3.8) is 0 Å². The number of hydrogen-bond acceptors (Lipinski definition) is 7. The first-order chi connectivity index (χ1) is 11.6. The van der Waals surface area contributed by atoms with Crippen molar-refractivity contribution < 1.29 is 18.6 Å². The van der Waals surface area contributed by atoms with E-state index < -0.39 is 12.8 Å². The minimum absolute atomic E-state index is 0.0116. The average molecular weight is 337 g/mol. The maximum Gasteiger partial charge on any atom is 0.263 e. The normalized spacial score (nSPS) is 17.4. The van der Waals surface area contributed by atoms with Gasteiger partial charge >= 0.3 is 0 Å². The zero-order valence-electron chi connectivity index (χ0n) is 12.6. The number of aliphatic hydroxyl groups is 1.